The van der Waals surface area contributed by atoms with Gasteiger partial charge >= 0.3 is 0 Å². The summed E-state index contributed by atoms with van der Waals surface area (Å²) in [7, 11) is 1.65. The van der Waals surface area contributed by atoms with Gasteiger partial charge in [-0.3, -0.25) is 9.59 Å². The van der Waals surface area contributed by atoms with E-state index in [0.717, 1.165) is 63.4 Å². The van der Waals surface area contributed by atoms with Crippen LogP contribution in [0.3, 0.4) is 0 Å². The summed E-state index contributed by atoms with van der Waals surface area (Å²) in [6.45, 7) is 2.92. The standard InChI is InChI=1S/C50H54N4O12/c1-61-47-8-3-2-6-43(47)35-62-26-5-27-63-44-21-19-41(20-22-44)45-23-25-51(49(55)29-36-9-13-38(14-10-36)33-65-53(57)58)31-48(45)64-32-40-17-18-42-7-4-24-52(46(42)28-40)50(56)30-37-11-15-39(16-12-37)34-66-54(59)60/h2-3,6,8-22,28,45,48H,4-5,7,23-27,29-35H2,1H3. The summed E-state index contributed by atoms with van der Waals surface area (Å²) in [5.41, 5.74) is 7.77. The largest absolute Gasteiger partial charge is 0.496 e. The monoisotopic (exact) mass is 902 g/mol. The lowest BCUT2D eigenvalue weighted by molar-refractivity contribution is -0.763. The number of hydrogen-bond acceptors (Lipinski definition) is 12. The number of anilines is 1. The maximum atomic E-state index is 13.8. The van der Waals surface area contributed by atoms with Crippen LogP contribution in [0.15, 0.2) is 115 Å². The van der Waals surface area contributed by atoms with Crippen LogP contribution in [0.1, 0.15) is 69.7 Å². The van der Waals surface area contributed by atoms with Gasteiger partial charge in [0.1, 0.15) is 24.7 Å². The van der Waals surface area contributed by atoms with Gasteiger partial charge in [0.05, 0.1) is 52.5 Å². The molecule has 2 unspecified atom stereocenters. The zero-order chi connectivity index (χ0) is 46.3. The van der Waals surface area contributed by atoms with Crippen molar-refractivity contribution in [1.29, 1.82) is 0 Å². The Hall–Kier alpha value is -7.04. The molecule has 0 spiro atoms. The molecule has 16 nitrogen and oxygen atoms in total. The number of rotatable bonds is 22. The van der Waals surface area contributed by atoms with Crippen LogP contribution >= 0.6 is 0 Å². The van der Waals surface area contributed by atoms with E-state index in [1.165, 1.54) is 0 Å². The average Bonchev–Trinajstić information content (AvgIpc) is 3.33. The van der Waals surface area contributed by atoms with Crippen LogP contribution in [0.5, 0.6) is 11.5 Å². The number of fused-ring (bicyclic) bond motifs is 1. The molecule has 7 rings (SSSR count). The number of likely N-dealkylation sites (tertiary alicyclic amines) is 1. The lowest BCUT2D eigenvalue weighted by atomic mass is 9.86. The van der Waals surface area contributed by atoms with Crippen molar-refractivity contribution >= 4 is 17.5 Å². The van der Waals surface area contributed by atoms with E-state index in [2.05, 4.69) is 27.9 Å². The van der Waals surface area contributed by atoms with Crippen molar-refractivity contribution in [2.24, 2.45) is 0 Å². The summed E-state index contributed by atoms with van der Waals surface area (Å²) in [6.07, 6.45) is 3.07. The summed E-state index contributed by atoms with van der Waals surface area (Å²) in [4.78, 5) is 61.3. The molecule has 0 radical (unpaired) electrons. The summed E-state index contributed by atoms with van der Waals surface area (Å²) >= 11 is 0. The van der Waals surface area contributed by atoms with E-state index in [-0.39, 0.29) is 56.5 Å². The lowest BCUT2D eigenvalue weighted by Crippen LogP contribution is -2.47. The number of para-hydroxylation sites is 1. The van der Waals surface area contributed by atoms with Crippen molar-refractivity contribution in [3.8, 4) is 11.5 Å². The number of methoxy groups -OCH3 is 1. The Morgan fingerprint density at radius 3 is 2.00 bits per heavy atom. The molecule has 2 heterocycles. The molecular formula is C50H54N4O12. The molecule has 2 amide bonds. The maximum Gasteiger partial charge on any atom is 0.294 e. The number of amides is 2. The van der Waals surface area contributed by atoms with Gasteiger partial charge in [-0.25, -0.2) is 0 Å². The van der Waals surface area contributed by atoms with Crippen LogP contribution in [-0.4, -0.2) is 72.9 Å². The molecule has 346 valence electrons. The van der Waals surface area contributed by atoms with Gasteiger partial charge in [0, 0.05) is 43.2 Å². The highest BCUT2D eigenvalue weighted by molar-refractivity contribution is 5.96. The molecule has 0 bridgehead atoms. The number of aryl methyl sites for hydroxylation is 1. The zero-order valence-electron chi connectivity index (χ0n) is 36.9. The van der Waals surface area contributed by atoms with Gasteiger partial charge in [-0.2, -0.15) is 0 Å². The van der Waals surface area contributed by atoms with Gasteiger partial charge in [-0.15, -0.1) is 20.2 Å². The number of ether oxygens (including phenoxy) is 4. The molecule has 0 aromatic heterocycles. The lowest BCUT2D eigenvalue weighted by Gasteiger charge is -2.39. The second-order valence-electron chi connectivity index (χ2n) is 16.3. The fraction of sp³-hybridized carbons (Fsp3) is 0.360. The number of hydrogen-bond donors (Lipinski definition) is 0. The minimum absolute atomic E-state index is 0.0134. The Morgan fingerprint density at radius 1 is 0.697 bits per heavy atom. The molecule has 0 aliphatic carbocycles. The Kier molecular flexibility index (Phi) is 16.5. The van der Waals surface area contributed by atoms with Crippen molar-refractivity contribution in [3.05, 3.63) is 180 Å². The predicted molar refractivity (Wildman–Crippen MR) is 243 cm³/mol. The van der Waals surface area contributed by atoms with Gasteiger partial charge in [-0.1, -0.05) is 91.0 Å². The van der Waals surface area contributed by atoms with Gasteiger partial charge in [0.25, 0.3) is 10.2 Å². The first-order chi connectivity index (χ1) is 32.1. The molecule has 1 saturated heterocycles. The van der Waals surface area contributed by atoms with E-state index in [9.17, 15) is 29.8 Å². The van der Waals surface area contributed by atoms with Gasteiger partial charge in [-0.05, 0) is 82.5 Å². The van der Waals surface area contributed by atoms with Crippen molar-refractivity contribution < 1.29 is 48.4 Å². The number of carbonyl (C=O) groups is 2. The highest BCUT2D eigenvalue weighted by Crippen LogP contribution is 2.34. The average molecular weight is 903 g/mol. The van der Waals surface area contributed by atoms with E-state index in [1.807, 2.05) is 58.3 Å². The predicted octanol–water partition coefficient (Wildman–Crippen LogP) is 7.76. The highest BCUT2D eigenvalue weighted by Gasteiger charge is 2.34. The van der Waals surface area contributed by atoms with Gasteiger partial charge in [0.15, 0.2) is 0 Å². The molecular weight excluding hydrogens is 849 g/mol. The molecule has 0 saturated carbocycles. The maximum absolute atomic E-state index is 13.8. The van der Waals surface area contributed by atoms with Crippen molar-refractivity contribution in [1.82, 2.24) is 4.90 Å². The van der Waals surface area contributed by atoms with Crippen LogP contribution in [-0.2, 0) is 74.4 Å². The van der Waals surface area contributed by atoms with Crippen LogP contribution in [0.2, 0.25) is 0 Å². The van der Waals surface area contributed by atoms with E-state index < -0.39 is 10.2 Å². The van der Waals surface area contributed by atoms with Crippen LogP contribution in [0.25, 0.3) is 0 Å². The van der Waals surface area contributed by atoms with Crippen LogP contribution in [0, 0.1) is 20.2 Å². The third-order valence-corrected chi connectivity index (χ3v) is 11.8. The highest BCUT2D eigenvalue weighted by atomic mass is 17.0. The number of carbonyl (C=O) groups excluding carboxylic acids is 2. The second-order valence-corrected chi connectivity index (χ2v) is 16.3. The Labute approximate surface area is 383 Å². The molecule has 2 aliphatic rings. The Bertz CT molecular complexity index is 2410. The summed E-state index contributed by atoms with van der Waals surface area (Å²) in [6, 6.07) is 36.0. The molecule has 5 aromatic carbocycles. The fourth-order valence-corrected chi connectivity index (χ4v) is 8.35. The molecule has 2 atom stereocenters. The minimum atomic E-state index is -0.833. The Morgan fingerprint density at radius 2 is 1.33 bits per heavy atom. The fourth-order valence-electron chi connectivity index (χ4n) is 8.35. The smallest absolute Gasteiger partial charge is 0.294 e. The first-order valence-corrected chi connectivity index (χ1v) is 22.1. The number of nitrogens with zero attached hydrogens (tertiary/aromatic N) is 4. The first kappa shape index (κ1) is 46.9. The van der Waals surface area contributed by atoms with E-state index in [0.29, 0.717) is 63.4 Å². The summed E-state index contributed by atoms with van der Waals surface area (Å²) < 4.78 is 24.1. The minimum Gasteiger partial charge on any atom is -0.496 e. The van der Waals surface area contributed by atoms with Gasteiger partial charge < -0.3 is 38.4 Å². The quantitative estimate of drug-likeness (QED) is 0.0375. The zero-order valence-corrected chi connectivity index (χ0v) is 36.9. The second kappa shape index (κ2) is 23.2. The molecule has 66 heavy (non-hydrogen) atoms. The van der Waals surface area contributed by atoms with E-state index >= 15 is 0 Å². The third kappa shape index (κ3) is 13.3. The SMILES string of the molecule is COc1ccccc1COCCCOc1ccc(C2CCN(C(=O)Cc3ccc(CO[N+](=O)[O-])cc3)CC2OCc2ccc3c(c2)N(C(=O)Cc2ccc(CO[N+](=O)[O-])cc2)CCC3)cc1. The molecule has 5 aromatic rings. The first-order valence-electron chi connectivity index (χ1n) is 22.1. The Balaban J connectivity index is 0.993. The van der Waals surface area contributed by atoms with Crippen molar-refractivity contribution in [2.45, 2.75) is 77.0 Å². The van der Waals surface area contributed by atoms with Crippen LogP contribution < -0.4 is 14.4 Å². The molecule has 2 aliphatic heterocycles. The van der Waals surface area contributed by atoms with Gasteiger partial charge in [0.2, 0.25) is 11.8 Å². The molecule has 16 heteroatoms. The topological polar surface area (TPSA) is 182 Å². The van der Waals surface area contributed by atoms with E-state index in [1.54, 1.807) is 55.6 Å². The molecule has 0 N–H and O–H groups in total. The van der Waals surface area contributed by atoms with Crippen LogP contribution in [0.4, 0.5) is 5.69 Å². The summed E-state index contributed by atoms with van der Waals surface area (Å²) in [5.74, 6) is 1.44. The normalized spacial score (nSPS) is 15.7. The van der Waals surface area contributed by atoms with E-state index in [4.69, 9.17) is 18.9 Å². The summed E-state index contributed by atoms with van der Waals surface area (Å²) in [5, 5.41) is 19.6. The van der Waals surface area contributed by atoms with Crippen molar-refractivity contribution in [3.63, 3.8) is 0 Å². The third-order valence-electron chi connectivity index (χ3n) is 11.8. The number of piperidine rings is 1. The molecule has 1 fully saturated rings. The number of benzene rings is 5. The van der Waals surface area contributed by atoms with Crippen molar-refractivity contribution in [2.75, 3.05) is 44.9 Å².